The summed E-state index contributed by atoms with van der Waals surface area (Å²) < 4.78 is 0. The number of hydrogen-bond donors (Lipinski definition) is 2. The predicted octanol–water partition coefficient (Wildman–Crippen LogP) is 1.34. The summed E-state index contributed by atoms with van der Waals surface area (Å²) in [7, 11) is 0. The molecule has 0 bridgehead atoms. The van der Waals surface area contributed by atoms with Gasteiger partial charge in [0, 0.05) is 30.6 Å². The normalized spacial score (nSPS) is 19.1. The molecule has 1 unspecified atom stereocenters. The fourth-order valence-corrected chi connectivity index (χ4v) is 3.54. The molecule has 27 heavy (non-hydrogen) atoms. The molecule has 0 aliphatic carbocycles. The highest BCUT2D eigenvalue weighted by Crippen LogP contribution is 2.31. The van der Waals surface area contributed by atoms with Crippen molar-refractivity contribution in [2.75, 3.05) is 11.9 Å². The molecule has 0 saturated carbocycles. The van der Waals surface area contributed by atoms with Crippen molar-refractivity contribution in [3.05, 3.63) is 41.6 Å². The van der Waals surface area contributed by atoms with Crippen molar-refractivity contribution < 1.29 is 14.4 Å². The second-order valence-corrected chi connectivity index (χ2v) is 6.63. The van der Waals surface area contributed by atoms with Crippen LogP contribution >= 0.6 is 0 Å². The number of hydrogen-bond acceptors (Lipinski definition) is 6. The Labute approximate surface area is 156 Å². The highest BCUT2D eigenvalue weighted by Gasteiger charge is 2.39. The number of amides is 3. The van der Waals surface area contributed by atoms with E-state index in [0.717, 1.165) is 23.4 Å². The summed E-state index contributed by atoms with van der Waals surface area (Å²) in [4.78, 5) is 37.8. The molecule has 2 aliphatic heterocycles. The first kappa shape index (κ1) is 17.1. The number of imide groups is 1. The summed E-state index contributed by atoms with van der Waals surface area (Å²) in [6, 6.07) is 6.82. The van der Waals surface area contributed by atoms with Gasteiger partial charge in [0.2, 0.25) is 11.8 Å². The van der Waals surface area contributed by atoms with Gasteiger partial charge in [0.1, 0.15) is 6.04 Å². The number of anilines is 1. The second kappa shape index (κ2) is 6.79. The number of nitrogens with one attached hydrogen (secondary N) is 2. The molecule has 1 aromatic carbocycles. The van der Waals surface area contributed by atoms with Gasteiger partial charge in [-0.2, -0.15) is 10.2 Å². The van der Waals surface area contributed by atoms with Gasteiger partial charge in [-0.25, -0.2) is 0 Å². The molecule has 8 heteroatoms. The molecule has 4 rings (SSSR count). The molecule has 1 atom stereocenters. The van der Waals surface area contributed by atoms with Crippen LogP contribution in [0.2, 0.25) is 0 Å². The molecule has 8 nitrogen and oxygen atoms in total. The van der Waals surface area contributed by atoms with E-state index < -0.39 is 11.9 Å². The Hall–Kier alpha value is -3.29. The van der Waals surface area contributed by atoms with Crippen molar-refractivity contribution in [1.29, 1.82) is 0 Å². The van der Waals surface area contributed by atoms with Crippen molar-refractivity contribution in [3.8, 4) is 11.3 Å². The molecule has 2 aliphatic rings. The molecule has 1 aromatic heterocycles. The maximum atomic E-state index is 12.7. The number of nitrogens with zero attached hydrogens (tertiary/aromatic N) is 3. The monoisotopic (exact) mass is 365 g/mol. The number of piperidine rings is 1. The van der Waals surface area contributed by atoms with Crippen molar-refractivity contribution in [2.24, 2.45) is 0 Å². The summed E-state index contributed by atoms with van der Waals surface area (Å²) in [5.41, 5.74) is 3.88. The maximum absolute atomic E-state index is 12.7. The zero-order valence-corrected chi connectivity index (χ0v) is 14.9. The van der Waals surface area contributed by atoms with Crippen LogP contribution < -0.4 is 10.6 Å². The second-order valence-electron chi connectivity index (χ2n) is 6.63. The lowest BCUT2D eigenvalue weighted by molar-refractivity contribution is -0.136. The van der Waals surface area contributed by atoms with E-state index in [-0.39, 0.29) is 18.2 Å². The summed E-state index contributed by atoms with van der Waals surface area (Å²) >= 11 is 0. The van der Waals surface area contributed by atoms with E-state index in [1.54, 1.807) is 12.3 Å². The molecule has 0 spiro atoms. The molecule has 3 heterocycles. The third-order valence-corrected chi connectivity index (χ3v) is 4.85. The van der Waals surface area contributed by atoms with Gasteiger partial charge in [-0.3, -0.25) is 19.7 Å². The van der Waals surface area contributed by atoms with Gasteiger partial charge in [0.15, 0.2) is 0 Å². The van der Waals surface area contributed by atoms with Crippen LogP contribution in [0.25, 0.3) is 11.3 Å². The Morgan fingerprint density at radius 3 is 2.89 bits per heavy atom. The molecule has 1 saturated heterocycles. The van der Waals surface area contributed by atoms with Crippen LogP contribution in [-0.4, -0.2) is 45.4 Å². The van der Waals surface area contributed by atoms with Gasteiger partial charge in [-0.05, 0) is 37.1 Å². The molecule has 2 N–H and O–H groups in total. The highest BCUT2D eigenvalue weighted by atomic mass is 16.2. The third kappa shape index (κ3) is 3.14. The average Bonchev–Trinajstić information content (AvgIpc) is 2.98. The minimum atomic E-state index is -0.608. The Kier molecular flexibility index (Phi) is 4.31. The smallest absolute Gasteiger partial charge is 0.255 e. The summed E-state index contributed by atoms with van der Waals surface area (Å²) in [6.45, 7) is 3.13. The number of benzene rings is 1. The predicted molar refractivity (Wildman–Crippen MR) is 97.7 cm³/mol. The van der Waals surface area contributed by atoms with Crippen molar-refractivity contribution in [3.63, 3.8) is 0 Å². The zero-order valence-electron chi connectivity index (χ0n) is 14.9. The fraction of sp³-hybridized carbons (Fsp3) is 0.316. The quantitative estimate of drug-likeness (QED) is 0.793. The van der Waals surface area contributed by atoms with Crippen LogP contribution in [0.5, 0.6) is 0 Å². The number of carbonyl (C=O) groups excluding carboxylic acids is 3. The van der Waals surface area contributed by atoms with E-state index in [2.05, 4.69) is 20.8 Å². The molecule has 3 amide bonds. The van der Waals surface area contributed by atoms with Crippen molar-refractivity contribution in [1.82, 2.24) is 20.4 Å². The van der Waals surface area contributed by atoms with Gasteiger partial charge in [-0.1, -0.05) is 6.07 Å². The third-order valence-electron chi connectivity index (χ3n) is 4.85. The Morgan fingerprint density at radius 2 is 2.11 bits per heavy atom. The van der Waals surface area contributed by atoms with Gasteiger partial charge in [0.05, 0.1) is 17.6 Å². The van der Waals surface area contributed by atoms with Crippen molar-refractivity contribution in [2.45, 2.75) is 32.4 Å². The molecular formula is C19H19N5O3. The Bertz CT molecular complexity index is 943. The topological polar surface area (TPSA) is 104 Å². The molecular weight excluding hydrogens is 346 g/mol. The lowest BCUT2D eigenvalue weighted by atomic mass is 10.0. The minimum absolute atomic E-state index is 0.182. The van der Waals surface area contributed by atoms with Gasteiger partial charge >= 0.3 is 0 Å². The average molecular weight is 365 g/mol. The zero-order chi connectivity index (χ0) is 19.0. The number of carbonyl (C=O) groups is 3. The molecule has 1 fully saturated rings. The van der Waals surface area contributed by atoms with Crippen LogP contribution in [0.1, 0.15) is 35.7 Å². The Balaban J connectivity index is 1.60. The van der Waals surface area contributed by atoms with Crippen LogP contribution in [0, 0.1) is 0 Å². The minimum Gasteiger partial charge on any atom is -0.384 e. The van der Waals surface area contributed by atoms with Crippen LogP contribution in [0.15, 0.2) is 30.5 Å². The van der Waals surface area contributed by atoms with Crippen molar-refractivity contribution >= 4 is 23.4 Å². The SMILES string of the molecule is CCNc1cnnc(-c2ccc3c(c2)CN(C2CCC(=O)NC2=O)C3=O)c1. The fourth-order valence-electron chi connectivity index (χ4n) is 3.54. The van der Waals surface area contributed by atoms with Crippen LogP contribution in [0.4, 0.5) is 5.69 Å². The lowest BCUT2D eigenvalue weighted by Gasteiger charge is -2.29. The van der Waals surface area contributed by atoms with Gasteiger partial charge in [-0.15, -0.1) is 0 Å². The summed E-state index contributed by atoms with van der Waals surface area (Å²) in [6.07, 6.45) is 2.26. The standard InChI is InChI=1S/C19H19N5O3/c1-2-20-13-8-15(23-21-9-13)11-3-4-14-12(7-11)10-24(19(14)27)16-5-6-17(25)22-18(16)26/h3-4,7-9,16H,2,5-6,10H2,1H3,(H,20,23)(H,22,25,26). The largest absolute Gasteiger partial charge is 0.384 e. The van der Waals surface area contributed by atoms with Gasteiger partial charge in [0.25, 0.3) is 5.91 Å². The van der Waals surface area contributed by atoms with Gasteiger partial charge < -0.3 is 10.2 Å². The highest BCUT2D eigenvalue weighted by molar-refractivity contribution is 6.05. The van der Waals surface area contributed by atoms with E-state index in [1.165, 1.54) is 4.90 Å². The lowest BCUT2D eigenvalue weighted by Crippen LogP contribution is -2.52. The summed E-state index contributed by atoms with van der Waals surface area (Å²) in [5.74, 6) is -0.878. The van der Waals surface area contributed by atoms with E-state index in [1.807, 2.05) is 25.1 Å². The summed E-state index contributed by atoms with van der Waals surface area (Å²) in [5, 5.41) is 13.7. The van der Waals surface area contributed by atoms with E-state index in [0.29, 0.717) is 24.2 Å². The number of rotatable bonds is 4. The molecule has 2 aromatic rings. The first-order valence-corrected chi connectivity index (χ1v) is 8.91. The maximum Gasteiger partial charge on any atom is 0.255 e. The van der Waals surface area contributed by atoms with E-state index in [4.69, 9.17) is 0 Å². The first-order valence-electron chi connectivity index (χ1n) is 8.91. The van der Waals surface area contributed by atoms with Crippen LogP contribution in [0.3, 0.4) is 0 Å². The first-order chi connectivity index (χ1) is 13.1. The number of aromatic nitrogens is 2. The van der Waals surface area contributed by atoms with Crippen LogP contribution in [-0.2, 0) is 16.1 Å². The molecule has 138 valence electrons. The number of fused-ring (bicyclic) bond motifs is 1. The molecule has 0 radical (unpaired) electrons. The van der Waals surface area contributed by atoms with E-state index in [9.17, 15) is 14.4 Å². The van der Waals surface area contributed by atoms with E-state index >= 15 is 0 Å². The Morgan fingerprint density at radius 1 is 1.26 bits per heavy atom.